The summed E-state index contributed by atoms with van der Waals surface area (Å²) < 4.78 is 1.92. The number of amides is 2. The highest BCUT2D eigenvalue weighted by molar-refractivity contribution is 6.04. The monoisotopic (exact) mass is 467 g/mol. The number of rotatable bonds is 5. The van der Waals surface area contributed by atoms with E-state index in [2.05, 4.69) is 21.9 Å². The second kappa shape index (κ2) is 9.38. The number of imidazole rings is 1. The molecule has 0 spiro atoms. The van der Waals surface area contributed by atoms with Gasteiger partial charge < -0.3 is 16.0 Å². The second-order valence-electron chi connectivity index (χ2n) is 8.34. The average Bonchev–Trinajstić information content (AvgIpc) is 3.30. The number of nitrogens with two attached hydrogens (primary N) is 1. The molecule has 1 atom stereocenters. The molecule has 3 aromatic heterocycles. The van der Waals surface area contributed by atoms with Gasteiger partial charge in [-0.25, -0.2) is 15.0 Å². The van der Waals surface area contributed by atoms with E-state index in [0.29, 0.717) is 35.0 Å². The van der Waals surface area contributed by atoms with Gasteiger partial charge in [0, 0.05) is 36.3 Å². The van der Waals surface area contributed by atoms with Crippen molar-refractivity contribution in [3.05, 3.63) is 85.1 Å². The lowest BCUT2D eigenvalue weighted by atomic mass is 10.0. The first kappa shape index (κ1) is 22.3. The molecule has 4 aromatic rings. The molecule has 1 aliphatic rings. The fourth-order valence-corrected chi connectivity index (χ4v) is 4.51. The molecular weight excluding hydrogens is 442 g/mol. The summed E-state index contributed by atoms with van der Waals surface area (Å²) >= 11 is 0. The summed E-state index contributed by atoms with van der Waals surface area (Å²) in [5.74, 6) is 1.19. The number of nitrogens with one attached hydrogen (secondary N) is 1. The lowest BCUT2D eigenvalue weighted by Crippen LogP contribution is -2.38. The smallest absolute Gasteiger partial charge is 0.256 e. The zero-order valence-corrected chi connectivity index (χ0v) is 19.1. The van der Waals surface area contributed by atoms with Crippen molar-refractivity contribution < 1.29 is 9.59 Å². The Bertz CT molecular complexity index is 1400. The van der Waals surface area contributed by atoms with Gasteiger partial charge in [-0.1, -0.05) is 24.8 Å². The van der Waals surface area contributed by atoms with Gasteiger partial charge in [-0.05, 0) is 49.6 Å². The van der Waals surface area contributed by atoms with E-state index < -0.39 is 0 Å². The van der Waals surface area contributed by atoms with Crippen LogP contribution in [0, 0.1) is 0 Å². The maximum Gasteiger partial charge on any atom is 0.256 e. The summed E-state index contributed by atoms with van der Waals surface area (Å²) in [7, 11) is 0. The van der Waals surface area contributed by atoms with Crippen molar-refractivity contribution in [2.24, 2.45) is 0 Å². The number of anilines is 2. The molecule has 1 fully saturated rings. The predicted octanol–water partition coefficient (Wildman–Crippen LogP) is 3.87. The van der Waals surface area contributed by atoms with Crippen LogP contribution < -0.4 is 11.1 Å². The summed E-state index contributed by atoms with van der Waals surface area (Å²) in [4.78, 5) is 40.3. The van der Waals surface area contributed by atoms with Crippen LogP contribution in [0.5, 0.6) is 0 Å². The van der Waals surface area contributed by atoms with Crippen LogP contribution in [0.2, 0.25) is 0 Å². The van der Waals surface area contributed by atoms with Gasteiger partial charge in [0.25, 0.3) is 5.91 Å². The van der Waals surface area contributed by atoms with E-state index in [1.165, 1.54) is 6.08 Å². The molecule has 1 saturated heterocycles. The normalized spacial score (nSPS) is 15.7. The number of carbonyl (C=O) groups excluding carboxylic acids is 2. The molecule has 176 valence electrons. The van der Waals surface area contributed by atoms with Crippen LogP contribution in [0.1, 0.15) is 41.5 Å². The topological polar surface area (TPSA) is 119 Å². The van der Waals surface area contributed by atoms with E-state index in [4.69, 9.17) is 10.7 Å². The van der Waals surface area contributed by atoms with Crippen molar-refractivity contribution in [2.75, 3.05) is 17.6 Å². The fourth-order valence-electron chi connectivity index (χ4n) is 4.51. The quantitative estimate of drug-likeness (QED) is 0.430. The highest BCUT2D eigenvalue weighted by atomic mass is 16.2. The number of pyridine rings is 1. The summed E-state index contributed by atoms with van der Waals surface area (Å²) in [6.45, 7) is 4.31. The SMILES string of the molecule is C=CC(=O)N1CCCC[C@H]1c1nc(-c2ccc(C(=O)Nc3ccccn3)cc2)c2c(N)nccn12. The molecule has 1 aromatic carbocycles. The van der Waals surface area contributed by atoms with Crippen LogP contribution in [0.25, 0.3) is 16.8 Å². The van der Waals surface area contributed by atoms with Crippen LogP contribution in [0.15, 0.2) is 73.7 Å². The predicted molar refractivity (Wildman–Crippen MR) is 134 cm³/mol. The lowest BCUT2D eigenvalue weighted by Gasteiger charge is -2.34. The molecule has 2 amide bonds. The minimum atomic E-state index is -0.257. The van der Waals surface area contributed by atoms with Crippen molar-refractivity contribution in [1.29, 1.82) is 0 Å². The first-order valence-corrected chi connectivity index (χ1v) is 11.4. The van der Waals surface area contributed by atoms with E-state index in [9.17, 15) is 9.59 Å². The van der Waals surface area contributed by atoms with Gasteiger partial charge in [0.1, 0.15) is 28.7 Å². The Balaban J connectivity index is 1.52. The summed E-state index contributed by atoms with van der Waals surface area (Å²) in [5, 5.41) is 2.78. The van der Waals surface area contributed by atoms with Crippen LogP contribution >= 0.6 is 0 Å². The summed E-state index contributed by atoms with van der Waals surface area (Å²) in [5.41, 5.74) is 8.89. The Labute approximate surface area is 202 Å². The lowest BCUT2D eigenvalue weighted by molar-refractivity contribution is -0.129. The number of hydrogen-bond donors (Lipinski definition) is 2. The highest BCUT2D eigenvalue weighted by Gasteiger charge is 2.31. The maximum atomic E-state index is 12.6. The Hall–Kier alpha value is -4.53. The Morgan fingerprint density at radius 1 is 1.09 bits per heavy atom. The zero-order valence-electron chi connectivity index (χ0n) is 19.1. The van der Waals surface area contributed by atoms with Crippen molar-refractivity contribution >= 4 is 29.0 Å². The van der Waals surface area contributed by atoms with E-state index in [1.54, 1.807) is 36.7 Å². The first-order valence-electron chi connectivity index (χ1n) is 11.4. The van der Waals surface area contributed by atoms with Gasteiger partial charge in [0.2, 0.25) is 5.91 Å². The van der Waals surface area contributed by atoms with Crippen molar-refractivity contribution in [1.82, 2.24) is 24.3 Å². The molecule has 1 aliphatic heterocycles. The Kier molecular flexibility index (Phi) is 5.97. The fraction of sp³-hybridized carbons (Fsp3) is 0.192. The molecule has 35 heavy (non-hydrogen) atoms. The first-order chi connectivity index (χ1) is 17.1. The van der Waals surface area contributed by atoms with E-state index in [-0.39, 0.29) is 17.9 Å². The van der Waals surface area contributed by atoms with Gasteiger partial charge in [-0.2, -0.15) is 0 Å². The van der Waals surface area contributed by atoms with E-state index in [1.807, 2.05) is 33.7 Å². The molecule has 4 heterocycles. The highest BCUT2D eigenvalue weighted by Crippen LogP contribution is 2.36. The van der Waals surface area contributed by atoms with Gasteiger partial charge in [0.15, 0.2) is 0 Å². The standard InChI is InChI=1S/C26H25N7O2/c1-2-21(34)32-15-6-4-7-19(32)25-31-22(23-24(27)29-14-16-33(23)25)17-9-11-18(12-10-17)26(35)30-20-8-3-5-13-28-20/h2-3,5,8-14,16,19H,1,4,6-7,15H2,(H2,27,29)(H,28,30,35)/t19-/m0/s1. The van der Waals surface area contributed by atoms with Gasteiger partial charge in [-0.15, -0.1) is 0 Å². The van der Waals surface area contributed by atoms with E-state index in [0.717, 1.165) is 30.7 Å². The number of benzene rings is 1. The van der Waals surface area contributed by atoms with Gasteiger partial charge in [-0.3, -0.25) is 14.0 Å². The van der Waals surface area contributed by atoms with Crippen LogP contribution in [0.4, 0.5) is 11.6 Å². The zero-order chi connectivity index (χ0) is 24.4. The van der Waals surface area contributed by atoms with Crippen LogP contribution in [-0.4, -0.2) is 42.6 Å². The third kappa shape index (κ3) is 4.23. The molecule has 5 rings (SSSR count). The number of aromatic nitrogens is 4. The maximum absolute atomic E-state index is 12.6. The minimum Gasteiger partial charge on any atom is -0.382 e. The third-order valence-corrected chi connectivity index (χ3v) is 6.20. The third-order valence-electron chi connectivity index (χ3n) is 6.20. The number of carbonyl (C=O) groups is 2. The summed E-state index contributed by atoms with van der Waals surface area (Å²) in [6, 6.07) is 12.3. The number of fused-ring (bicyclic) bond motifs is 1. The average molecular weight is 468 g/mol. The molecule has 9 nitrogen and oxygen atoms in total. The van der Waals surface area contributed by atoms with Crippen LogP contribution in [0.3, 0.4) is 0 Å². The largest absolute Gasteiger partial charge is 0.382 e. The van der Waals surface area contributed by atoms with Crippen molar-refractivity contribution in [3.8, 4) is 11.3 Å². The number of nitrogen functional groups attached to an aromatic ring is 1. The van der Waals surface area contributed by atoms with Crippen molar-refractivity contribution in [2.45, 2.75) is 25.3 Å². The second-order valence-corrected chi connectivity index (χ2v) is 8.34. The molecular formula is C26H25N7O2. The minimum absolute atomic E-state index is 0.113. The molecule has 0 bridgehead atoms. The molecule has 0 saturated carbocycles. The number of likely N-dealkylation sites (tertiary alicyclic amines) is 1. The van der Waals surface area contributed by atoms with Crippen LogP contribution in [-0.2, 0) is 4.79 Å². The molecule has 9 heteroatoms. The molecule has 0 radical (unpaired) electrons. The Morgan fingerprint density at radius 2 is 1.91 bits per heavy atom. The van der Waals surface area contributed by atoms with Gasteiger partial charge in [0.05, 0.1) is 6.04 Å². The number of nitrogens with zero attached hydrogens (tertiary/aromatic N) is 5. The number of piperidine rings is 1. The van der Waals surface area contributed by atoms with E-state index >= 15 is 0 Å². The number of hydrogen-bond acceptors (Lipinski definition) is 6. The molecule has 0 aliphatic carbocycles. The molecule has 0 unspecified atom stereocenters. The Morgan fingerprint density at radius 3 is 2.66 bits per heavy atom. The molecule has 3 N–H and O–H groups in total. The summed E-state index contributed by atoms with van der Waals surface area (Å²) in [6.07, 6.45) is 9.15. The van der Waals surface area contributed by atoms with Gasteiger partial charge >= 0.3 is 0 Å². The van der Waals surface area contributed by atoms with Crippen molar-refractivity contribution in [3.63, 3.8) is 0 Å².